The Morgan fingerprint density at radius 2 is 2.13 bits per heavy atom. The highest BCUT2D eigenvalue weighted by Crippen LogP contribution is 2.30. The number of aryl methyl sites for hydroxylation is 1. The van der Waals surface area contributed by atoms with Gasteiger partial charge in [0.05, 0.1) is 11.8 Å². The molecule has 0 aliphatic heterocycles. The van der Waals surface area contributed by atoms with Crippen LogP contribution in [-0.4, -0.2) is 38.1 Å². The highest BCUT2D eigenvalue weighted by Gasteiger charge is 2.28. The zero-order chi connectivity index (χ0) is 16.9. The summed E-state index contributed by atoms with van der Waals surface area (Å²) >= 11 is 1.60. The molecule has 7 heteroatoms. The van der Waals surface area contributed by atoms with Gasteiger partial charge in [-0.15, -0.1) is 0 Å². The van der Waals surface area contributed by atoms with Gasteiger partial charge < -0.3 is 5.32 Å². The Labute approximate surface area is 142 Å². The smallest absolute Gasteiger partial charge is 0.238 e. The second-order valence-electron chi connectivity index (χ2n) is 5.65. The van der Waals surface area contributed by atoms with Crippen LogP contribution in [0.4, 0.5) is 0 Å². The van der Waals surface area contributed by atoms with Crippen LogP contribution >= 0.6 is 11.8 Å². The lowest BCUT2D eigenvalue weighted by molar-refractivity contribution is -0.123. The van der Waals surface area contributed by atoms with E-state index in [-0.39, 0.29) is 17.7 Å². The van der Waals surface area contributed by atoms with Gasteiger partial charge in [0.1, 0.15) is 6.04 Å². The summed E-state index contributed by atoms with van der Waals surface area (Å²) in [6.45, 7) is 1.57. The van der Waals surface area contributed by atoms with Gasteiger partial charge >= 0.3 is 0 Å². The summed E-state index contributed by atoms with van der Waals surface area (Å²) in [5, 5.41) is 3.02. The molecule has 23 heavy (non-hydrogen) atoms. The van der Waals surface area contributed by atoms with Crippen LogP contribution in [-0.2, 0) is 21.2 Å². The second-order valence-corrected chi connectivity index (χ2v) is 8.68. The number of carbonyl (C=O) groups excluding carboxylic acids is 1. The van der Waals surface area contributed by atoms with E-state index in [0.717, 1.165) is 24.2 Å². The zero-order valence-electron chi connectivity index (χ0n) is 13.5. The van der Waals surface area contributed by atoms with Crippen molar-refractivity contribution in [2.24, 2.45) is 0 Å². The Morgan fingerprint density at radius 3 is 2.83 bits per heavy atom. The fraction of sp³-hybridized carbons (Fsp3) is 0.562. The fourth-order valence-electron chi connectivity index (χ4n) is 2.76. The molecule has 5 nitrogen and oxygen atoms in total. The topological polar surface area (TPSA) is 75.3 Å². The Bertz CT molecular complexity index is 646. The maximum atomic E-state index is 12.6. The molecule has 1 aliphatic carbocycles. The van der Waals surface area contributed by atoms with Crippen LogP contribution in [0.1, 0.15) is 36.9 Å². The van der Waals surface area contributed by atoms with Gasteiger partial charge in [-0.1, -0.05) is 24.3 Å². The van der Waals surface area contributed by atoms with E-state index >= 15 is 0 Å². The van der Waals surface area contributed by atoms with Crippen molar-refractivity contribution in [2.45, 2.75) is 38.3 Å². The molecular weight excluding hydrogens is 332 g/mol. The third-order valence-electron chi connectivity index (χ3n) is 4.08. The van der Waals surface area contributed by atoms with Crippen LogP contribution in [0, 0.1) is 0 Å². The standard InChI is InChI=1S/C16H24N2O3S2/c1-3-23(20,21)18-15(10-11-22-2)16(19)17-14-9-8-12-6-4-5-7-13(12)14/h4-7,14-15,18H,3,8-11H2,1-2H3,(H,17,19). The van der Waals surface area contributed by atoms with E-state index in [1.807, 2.05) is 24.5 Å². The van der Waals surface area contributed by atoms with E-state index in [9.17, 15) is 13.2 Å². The molecular formula is C16H24N2O3S2. The monoisotopic (exact) mass is 356 g/mol. The number of rotatable bonds is 8. The van der Waals surface area contributed by atoms with Gasteiger partial charge in [0.2, 0.25) is 15.9 Å². The predicted molar refractivity (Wildman–Crippen MR) is 95.0 cm³/mol. The minimum absolute atomic E-state index is 0.0255. The van der Waals surface area contributed by atoms with Crippen molar-refractivity contribution < 1.29 is 13.2 Å². The molecule has 0 radical (unpaired) electrons. The minimum atomic E-state index is -3.41. The van der Waals surface area contributed by atoms with Crippen molar-refractivity contribution in [3.63, 3.8) is 0 Å². The molecule has 2 atom stereocenters. The number of hydrogen-bond acceptors (Lipinski definition) is 4. The maximum Gasteiger partial charge on any atom is 0.238 e. The fourth-order valence-corrected chi connectivity index (χ4v) is 4.06. The van der Waals surface area contributed by atoms with Gasteiger partial charge in [-0.25, -0.2) is 13.1 Å². The Hall–Kier alpha value is -1.05. The predicted octanol–water partition coefficient (Wildman–Crippen LogP) is 1.85. The number of hydrogen-bond donors (Lipinski definition) is 2. The largest absolute Gasteiger partial charge is 0.348 e. The molecule has 2 unspecified atom stereocenters. The van der Waals surface area contributed by atoms with Crippen molar-refractivity contribution in [3.05, 3.63) is 35.4 Å². The number of thioether (sulfide) groups is 1. The summed E-state index contributed by atoms with van der Waals surface area (Å²) in [5.41, 5.74) is 2.40. The Morgan fingerprint density at radius 1 is 1.39 bits per heavy atom. The number of fused-ring (bicyclic) bond motifs is 1. The van der Waals surface area contributed by atoms with Gasteiger partial charge in [0.25, 0.3) is 0 Å². The molecule has 1 aliphatic rings. The SMILES string of the molecule is CCS(=O)(=O)NC(CCSC)C(=O)NC1CCc2ccccc21. The average Bonchev–Trinajstić information content (AvgIpc) is 2.94. The van der Waals surface area contributed by atoms with Gasteiger partial charge in [-0.05, 0) is 49.3 Å². The molecule has 0 aromatic heterocycles. The highest BCUT2D eigenvalue weighted by molar-refractivity contribution is 7.98. The summed E-state index contributed by atoms with van der Waals surface area (Å²) in [6, 6.07) is 7.34. The maximum absolute atomic E-state index is 12.6. The molecule has 1 aromatic carbocycles. The first-order valence-corrected chi connectivity index (χ1v) is 10.9. The molecule has 1 amide bonds. The summed E-state index contributed by atoms with van der Waals surface area (Å²) in [6.07, 6.45) is 4.23. The molecule has 0 spiro atoms. The third kappa shape index (κ3) is 4.96. The van der Waals surface area contributed by atoms with E-state index in [2.05, 4.69) is 16.1 Å². The first-order valence-electron chi connectivity index (χ1n) is 7.84. The van der Waals surface area contributed by atoms with E-state index in [4.69, 9.17) is 0 Å². The lowest BCUT2D eigenvalue weighted by atomic mass is 10.1. The summed E-state index contributed by atoms with van der Waals surface area (Å²) in [7, 11) is -3.41. The lowest BCUT2D eigenvalue weighted by Crippen LogP contribution is -2.48. The Balaban J connectivity index is 2.06. The molecule has 0 bridgehead atoms. The molecule has 0 saturated carbocycles. The van der Waals surface area contributed by atoms with Crippen LogP contribution in [0.5, 0.6) is 0 Å². The molecule has 2 rings (SSSR count). The third-order valence-corrected chi connectivity index (χ3v) is 6.13. The quantitative estimate of drug-likeness (QED) is 0.745. The first kappa shape index (κ1) is 18.3. The normalized spacial score (nSPS) is 18.4. The van der Waals surface area contributed by atoms with Gasteiger partial charge in [0.15, 0.2) is 0 Å². The minimum Gasteiger partial charge on any atom is -0.348 e. The number of benzene rings is 1. The summed E-state index contributed by atoms with van der Waals surface area (Å²) in [4.78, 5) is 12.6. The molecule has 0 saturated heterocycles. The van der Waals surface area contributed by atoms with E-state index in [0.29, 0.717) is 6.42 Å². The number of amides is 1. The number of carbonyl (C=O) groups is 1. The van der Waals surface area contributed by atoms with E-state index in [1.54, 1.807) is 18.7 Å². The lowest BCUT2D eigenvalue weighted by Gasteiger charge is -2.21. The summed E-state index contributed by atoms with van der Waals surface area (Å²) in [5.74, 6) is 0.464. The van der Waals surface area contributed by atoms with Gasteiger partial charge in [0, 0.05) is 0 Å². The molecule has 0 fully saturated rings. The van der Waals surface area contributed by atoms with Crippen LogP contribution < -0.4 is 10.0 Å². The molecule has 2 N–H and O–H groups in total. The van der Waals surface area contributed by atoms with E-state index < -0.39 is 16.1 Å². The zero-order valence-corrected chi connectivity index (χ0v) is 15.2. The van der Waals surface area contributed by atoms with Crippen LogP contribution in [0.2, 0.25) is 0 Å². The van der Waals surface area contributed by atoms with Crippen molar-refractivity contribution in [1.29, 1.82) is 0 Å². The first-order chi connectivity index (χ1) is 11.0. The van der Waals surface area contributed by atoms with Crippen LogP contribution in [0.15, 0.2) is 24.3 Å². The van der Waals surface area contributed by atoms with Gasteiger partial charge in [-0.2, -0.15) is 11.8 Å². The number of sulfonamides is 1. The van der Waals surface area contributed by atoms with E-state index in [1.165, 1.54) is 5.56 Å². The molecule has 128 valence electrons. The second kappa shape index (κ2) is 8.17. The molecule has 0 heterocycles. The van der Waals surface area contributed by atoms with Gasteiger partial charge in [-0.3, -0.25) is 4.79 Å². The van der Waals surface area contributed by atoms with Crippen LogP contribution in [0.25, 0.3) is 0 Å². The molecule has 1 aromatic rings. The highest BCUT2D eigenvalue weighted by atomic mass is 32.2. The van der Waals surface area contributed by atoms with Crippen molar-refractivity contribution in [3.8, 4) is 0 Å². The average molecular weight is 357 g/mol. The summed E-state index contributed by atoms with van der Waals surface area (Å²) < 4.78 is 26.2. The van der Waals surface area contributed by atoms with Crippen molar-refractivity contribution >= 4 is 27.7 Å². The van der Waals surface area contributed by atoms with Crippen molar-refractivity contribution in [1.82, 2.24) is 10.0 Å². The van der Waals surface area contributed by atoms with Crippen molar-refractivity contribution in [2.75, 3.05) is 17.8 Å². The number of nitrogens with one attached hydrogen (secondary N) is 2. The van der Waals surface area contributed by atoms with Crippen LogP contribution in [0.3, 0.4) is 0 Å². The Kier molecular flexibility index (Phi) is 6.50.